The fourth-order valence-corrected chi connectivity index (χ4v) is 1.18. The minimum Gasteiger partial charge on any atom is -0.192 e. The molecule has 0 aromatic heterocycles. The zero-order valence-electron chi connectivity index (χ0n) is 6.55. The van der Waals surface area contributed by atoms with E-state index in [4.69, 9.17) is 5.26 Å². The lowest BCUT2D eigenvalue weighted by Gasteiger charge is -2.00. The number of hydrogen-bond donors (Lipinski definition) is 0. The van der Waals surface area contributed by atoms with E-state index >= 15 is 0 Å². The van der Waals surface area contributed by atoms with Crippen molar-refractivity contribution >= 4 is 21.5 Å². The highest BCUT2D eigenvalue weighted by molar-refractivity contribution is 9.09. The summed E-state index contributed by atoms with van der Waals surface area (Å²) < 4.78 is 0. The van der Waals surface area contributed by atoms with Crippen molar-refractivity contribution in [3.8, 4) is 6.07 Å². The maximum atomic E-state index is 8.54. The Hall–Kier alpha value is -1.07. The molecule has 1 aromatic carbocycles. The highest BCUT2D eigenvalue weighted by Gasteiger charge is 1.96. The van der Waals surface area contributed by atoms with Gasteiger partial charge in [0.25, 0.3) is 0 Å². The molecule has 2 heteroatoms. The SMILES string of the molecule is C=C(CBr)c1ccc(C#N)cc1. The third-order valence-electron chi connectivity index (χ3n) is 1.58. The first kappa shape index (κ1) is 9.02. The molecule has 0 radical (unpaired) electrons. The summed E-state index contributed by atoms with van der Waals surface area (Å²) in [6.07, 6.45) is 0. The van der Waals surface area contributed by atoms with E-state index in [2.05, 4.69) is 28.6 Å². The average Bonchev–Trinajstić information content (AvgIpc) is 2.17. The smallest absolute Gasteiger partial charge is 0.0991 e. The summed E-state index contributed by atoms with van der Waals surface area (Å²) in [6.45, 7) is 3.87. The quantitative estimate of drug-likeness (QED) is 0.705. The molecule has 0 spiro atoms. The fraction of sp³-hybridized carbons (Fsp3) is 0.100. The molecule has 0 atom stereocenters. The minimum atomic E-state index is 0.682. The van der Waals surface area contributed by atoms with Gasteiger partial charge in [-0.15, -0.1) is 0 Å². The second kappa shape index (κ2) is 4.08. The van der Waals surface area contributed by atoms with Gasteiger partial charge in [-0.2, -0.15) is 5.26 Å². The van der Waals surface area contributed by atoms with Gasteiger partial charge < -0.3 is 0 Å². The number of allylic oxidation sites excluding steroid dienone is 1. The van der Waals surface area contributed by atoms with Crippen LogP contribution in [0.5, 0.6) is 0 Å². The number of rotatable bonds is 2. The van der Waals surface area contributed by atoms with Crippen LogP contribution in [0.25, 0.3) is 5.57 Å². The summed E-state index contributed by atoms with van der Waals surface area (Å²) in [6, 6.07) is 9.47. The van der Waals surface area contributed by atoms with Crippen LogP contribution in [0.4, 0.5) is 0 Å². The highest BCUT2D eigenvalue weighted by Crippen LogP contribution is 2.14. The molecule has 0 bridgehead atoms. The predicted molar refractivity (Wildman–Crippen MR) is 54.0 cm³/mol. The van der Waals surface area contributed by atoms with Gasteiger partial charge in [-0.05, 0) is 23.3 Å². The second-order valence-corrected chi connectivity index (χ2v) is 2.99. The van der Waals surface area contributed by atoms with E-state index in [0.717, 1.165) is 16.5 Å². The molecule has 0 fully saturated rings. The molecule has 1 aromatic rings. The van der Waals surface area contributed by atoms with Crippen LogP contribution < -0.4 is 0 Å². The molecular formula is C10H8BrN. The zero-order chi connectivity index (χ0) is 8.97. The number of hydrogen-bond acceptors (Lipinski definition) is 1. The Kier molecular flexibility index (Phi) is 3.07. The van der Waals surface area contributed by atoms with Crippen LogP contribution in [-0.4, -0.2) is 5.33 Å². The normalized spacial score (nSPS) is 9.00. The van der Waals surface area contributed by atoms with Gasteiger partial charge in [0.2, 0.25) is 0 Å². The van der Waals surface area contributed by atoms with E-state index in [1.54, 1.807) is 12.1 Å². The van der Waals surface area contributed by atoms with E-state index < -0.39 is 0 Å². The Morgan fingerprint density at radius 1 is 1.42 bits per heavy atom. The van der Waals surface area contributed by atoms with Crippen LogP contribution >= 0.6 is 15.9 Å². The maximum absolute atomic E-state index is 8.54. The van der Waals surface area contributed by atoms with Crippen molar-refractivity contribution in [3.05, 3.63) is 42.0 Å². The van der Waals surface area contributed by atoms with Crippen molar-refractivity contribution in [2.75, 3.05) is 5.33 Å². The lowest BCUT2D eigenvalue weighted by atomic mass is 10.1. The van der Waals surface area contributed by atoms with E-state index in [1.165, 1.54) is 0 Å². The Bertz CT molecular complexity index is 319. The number of benzene rings is 1. The van der Waals surface area contributed by atoms with Gasteiger partial charge in [-0.3, -0.25) is 0 Å². The van der Waals surface area contributed by atoms with Crippen LogP contribution in [0.15, 0.2) is 30.8 Å². The Balaban J connectivity index is 2.94. The fourth-order valence-electron chi connectivity index (χ4n) is 0.858. The Morgan fingerprint density at radius 2 is 2.00 bits per heavy atom. The minimum absolute atomic E-state index is 0.682. The molecule has 0 heterocycles. The van der Waals surface area contributed by atoms with Crippen molar-refractivity contribution in [1.29, 1.82) is 5.26 Å². The van der Waals surface area contributed by atoms with Gasteiger partial charge in [-0.1, -0.05) is 34.6 Å². The van der Waals surface area contributed by atoms with Crippen molar-refractivity contribution < 1.29 is 0 Å². The molecule has 0 saturated heterocycles. The molecule has 0 N–H and O–H groups in total. The summed E-state index contributed by atoms with van der Waals surface area (Å²) in [7, 11) is 0. The second-order valence-electron chi connectivity index (χ2n) is 2.43. The summed E-state index contributed by atoms with van der Waals surface area (Å²) >= 11 is 3.32. The summed E-state index contributed by atoms with van der Waals surface area (Å²) in [5.41, 5.74) is 2.78. The van der Waals surface area contributed by atoms with Crippen molar-refractivity contribution in [2.24, 2.45) is 0 Å². The molecule has 0 saturated carbocycles. The summed E-state index contributed by atoms with van der Waals surface area (Å²) in [5.74, 6) is 0. The number of nitriles is 1. The van der Waals surface area contributed by atoms with Crippen LogP contribution in [0.3, 0.4) is 0 Å². The standard InChI is InChI=1S/C10H8BrN/c1-8(6-11)10-4-2-9(7-12)3-5-10/h2-5H,1,6H2. The van der Waals surface area contributed by atoms with Crippen molar-refractivity contribution in [3.63, 3.8) is 0 Å². The molecule has 0 unspecified atom stereocenters. The van der Waals surface area contributed by atoms with Crippen molar-refractivity contribution in [1.82, 2.24) is 0 Å². The van der Waals surface area contributed by atoms with E-state index in [9.17, 15) is 0 Å². The molecule has 1 rings (SSSR count). The topological polar surface area (TPSA) is 23.8 Å². The van der Waals surface area contributed by atoms with E-state index in [1.807, 2.05) is 12.1 Å². The highest BCUT2D eigenvalue weighted by atomic mass is 79.9. The van der Waals surface area contributed by atoms with Gasteiger partial charge in [0.1, 0.15) is 0 Å². The first-order valence-electron chi connectivity index (χ1n) is 3.52. The Labute approximate surface area is 80.5 Å². The third-order valence-corrected chi connectivity index (χ3v) is 2.26. The van der Waals surface area contributed by atoms with Gasteiger partial charge in [-0.25, -0.2) is 0 Å². The molecular weight excluding hydrogens is 214 g/mol. The predicted octanol–water partition coefficient (Wildman–Crippen LogP) is 2.97. The summed E-state index contributed by atoms with van der Waals surface area (Å²) in [5, 5.41) is 9.31. The number of halogens is 1. The Morgan fingerprint density at radius 3 is 2.42 bits per heavy atom. The van der Waals surface area contributed by atoms with Crippen LogP contribution in [0.2, 0.25) is 0 Å². The van der Waals surface area contributed by atoms with Crippen LogP contribution in [0, 0.1) is 11.3 Å². The van der Waals surface area contributed by atoms with Gasteiger partial charge >= 0.3 is 0 Å². The number of nitrogens with zero attached hydrogens (tertiary/aromatic N) is 1. The third kappa shape index (κ3) is 1.96. The first-order chi connectivity index (χ1) is 5.77. The maximum Gasteiger partial charge on any atom is 0.0991 e. The average molecular weight is 222 g/mol. The van der Waals surface area contributed by atoms with E-state index in [0.29, 0.717) is 5.56 Å². The monoisotopic (exact) mass is 221 g/mol. The lowest BCUT2D eigenvalue weighted by Crippen LogP contribution is -1.83. The zero-order valence-corrected chi connectivity index (χ0v) is 8.13. The summed E-state index contributed by atoms with van der Waals surface area (Å²) in [4.78, 5) is 0. The van der Waals surface area contributed by atoms with Gasteiger partial charge in [0.15, 0.2) is 0 Å². The molecule has 0 aliphatic rings. The molecule has 0 amide bonds. The van der Waals surface area contributed by atoms with Gasteiger partial charge in [0.05, 0.1) is 11.6 Å². The molecule has 12 heavy (non-hydrogen) atoms. The molecule has 1 nitrogen and oxygen atoms in total. The van der Waals surface area contributed by atoms with Crippen LogP contribution in [-0.2, 0) is 0 Å². The molecule has 60 valence electrons. The van der Waals surface area contributed by atoms with Crippen LogP contribution in [0.1, 0.15) is 11.1 Å². The lowest BCUT2D eigenvalue weighted by molar-refractivity contribution is 1.47. The molecule has 0 aliphatic carbocycles. The largest absolute Gasteiger partial charge is 0.192 e. The van der Waals surface area contributed by atoms with Crippen molar-refractivity contribution in [2.45, 2.75) is 0 Å². The van der Waals surface area contributed by atoms with E-state index in [-0.39, 0.29) is 0 Å². The van der Waals surface area contributed by atoms with Gasteiger partial charge in [0, 0.05) is 5.33 Å². The first-order valence-corrected chi connectivity index (χ1v) is 4.64. The molecule has 0 aliphatic heterocycles. The number of alkyl halides is 1.